The topological polar surface area (TPSA) is 60.9 Å². The van der Waals surface area contributed by atoms with Gasteiger partial charge in [-0.1, -0.05) is 0 Å². The Kier molecular flexibility index (Phi) is 2.93. The molecule has 0 saturated carbocycles. The second-order valence-corrected chi connectivity index (χ2v) is 3.90. The highest BCUT2D eigenvalue weighted by atomic mass is 16.3. The lowest BCUT2D eigenvalue weighted by atomic mass is 10.1. The van der Waals surface area contributed by atoms with Gasteiger partial charge in [0.1, 0.15) is 0 Å². The standard InChI is InChI=1S/C9H17N3O/c1-7-8(6-11-12-7)10-5-4-9(2,3)13/h6,10,13H,4-5H2,1-3H3,(H,11,12). The molecule has 0 spiro atoms. The van der Waals surface area contributed by atoms with Crippen molar-refractivity contribution < 1.29 is 5.11 Å². The van der Waals surface area contributed by atoms with Crippen LogP contribution in [0.4, 0.5) is 5.69 Å². The van der Waals surface area contributed by atoms with Crippen LogP contribution in [0.5, 0.6) is 0 Å². The molecule has 74 valence electrons. The van der Waals surface area contributed by atoms with Crippen LogP contribution in [0.2, 0.25) is 0 Å². The van der Waals surface area contributed by atoms with E-state index in [1.54, 1.807) is 20.0 Å². The van der Waals surface area contributed by atoms with Crippen molar-refractivity contribution >= 4 is 5.69 Å². The van der Waals surface area contributed by atoms with Crippen LogP contribution in [0, 0.1) is 6.92 Å². The lowest BCUT2D eigenvalue weighted by Crippen LogP contribution is -2.22. The summed E-state index contributed by atoms with van der Waals surface area (Å²) in [5.74, 6) is 0. The van der Waals surface area contributed by atoms with Crippen molar-refractivity contribution in [2.24, 2.45) is 0 Å². The first-order valence-electron chi connectivity index (χ1n) is 4.45. The van der Waals surface area contributed by atoms with Gasteiger partial charge < -0.3 is 10.4 Å². The molecule has 1 rings (SSSR count). The Balaban J connectivity index is 2.32. The van der Waals surface area contributed by atoms with Gasteiger partial charge >= 0.3 is 0 Å². The molecule has 3 N–H and O–H groups in total. The summed E-state index contributed by atoms with van der Waals surface area (Å²) in [6, 6.07) is 0. The molecule has 0 atom stereocenters. The predicted molar refractivity (Wildman–Crippen MR) is 52.7 cm³/mol. The van der Waals surface area contributed by atoms with E-state index in [1.165, 1.54) is 0 Å². The van der Waals surface area contributed by atoms with Crippen LogP contribution < -0.4 is 5.32 Å². The molecule has 0 fully saturated rings. The first-order valence-corrected chi connectivity index (χ1v) is 4.45. The van der Waals surface area contributed by atoms with E-state index in [2.05, 4.69) is 15.5 Å². The largest absolute Gasteiger partial charge is 0.390 e. The van der Waals surface area contributed by atoms with Crippen LogP contribution in [0.3, 0.4) is 0 Å². The molecule has 0 radical (unpaired) electrons. The van der Waals surface area contributed by atoms with E-state index >= 15 is 0 Å². The second-order valence-electron chi connectivity index (χ2n) is 3.90. The van der Waals surface area contributed by atoms with E-state index in [9.17, 15) is 5.11 Å². The van der Waals surface area contributed by atoms with E-state index in [0.29, 0.717) is 0 Å². The SMILES string of the molecule is Cc1[nH]ncc1NCCC(C)(C)O. The van der Waals surface area contributed by atoms with Crippen molar-refractivity contribution in [3.05, 3.63) is 11.9 Å². The summed E-state index contributed by atoms with van der Waals surface area (Å²) < 4.78 is 0. The van der Waals surface area contributed by atoms with Gasteiger partial charge in [-0.05, 0) is 27.2 Å². The number of hydrogen-bond acceptors (Lipinski definition) is 3. The maximum Gasteiger partial charge on any atom is 0.0753 e. The first-order chi connectivity index (χ1) is 5.99. The van der Waals surface area contributed by atoms with Gasteiger partial charge in [0.2, 0.25) is 0 Å². The van der Waals surface area contributed by atoms with Crippen molar-refractivity contribution in [3.8, 4) is 0 Å². The minimum absolute atomic E-state index is 0.607. The zero-order chi connectivity index (χ0) is 9.90. The maximum absolute atomic E-state index is 9.45. The summed E-state index contributed by atoms with van der Waals surface area (Å²) in [6.07, 6.45) is 2.47. The molecule has 0 saturated heterocycles. The molecule has 0 amide bonds. The molecule has 1 aromatic rings. The molecule has 4 nitrogen and oxygen atoms in total. The molecule has 1 aromatic heterocycles. The molecular weight excluding hydrogens is 166 g/mol. The molecule has 0 bridgehead atoms. The number of aromatic nitrogens is 2. The first kappa shape index (κ1) is 10.1. The van der Waals surface area contributed by atoms with Crippen LogP contribution in [0.15, 0.2) is 6.20 Å². The smallest absolute Gasteiger partial charge is 0.0753 e. The number of aliphatic hydroxyl groups is 1. The highest BCUT2D eigenvalue weighted by Gasteiger charge is 2.11. The van der Waals surface area contributed by atoms with Gasteiger partial charge in [0.25, 0.3) is 0 Å². The zero-order valence-electron chi connectivity index (χ0n) is 8.39. The van der Waals surface area contributed by atoms with Crippen LogP contribution in [-0.4, -0.2) is 27.4 Å². The van der Waals surface area contributed by atoms with E-state index < -0.39 is 5.60 Å². The second kappa shape index (κ2) is 3.79. The monoisotopic (exact) mass is 183 g/mol. The van der Waals surface area contributed by atoms with Crippen LogP contribution >= 0.6 is 0 Å². The lowest BCUT2D eigenvalue weighted by Gasteiger charge is -2.17. The van der Waals surface area contributed by atoms with Gasteiger partial charge in [0, 0.05) is 6.54 Å². The van der Waals surface area contributed by atoms with Gasteiger partial charge in [0.05, 0.1) is 23.2 Å². The number of H-pyrrole nitrogens is 1. The van der Waals surface area contributed by atoms with Crippen LogP contribution in [0.1, 0.15) is 26.0 Å². The number of aromatic amines is 1. The summed E-state index contributed by atoms with van der Waals surface area (Å²) in [4.78, 5) is 0. The Hall–Kier alpha value is -1.03. The Bertz CT molecular complexity index is 262. The quantitative estimate of drug-likeness (QED) is 0.659. The van der Waals surface area contributed by atoms with E-state index in [1.807, 2.05) is 6.92 Å². The number of anilines is 1. The van der Waals surface area contributed by atoms with E-state index in [4.69, 9.17) is 0 Å². The number of hydrogen-bond donors (Lipinski definition) is 3. The van der Waals surface area contributed by atoms with Crippen LogP contribution in [-0.2, 0) is 0 Å². The molecule has 13 heavy (non-hydrogen) atoms. The van der Waals surface area contributed by atoms with Gasteiger partial charge in [0.15, 0.2) is 0 Å². The molecule has 1 heterocycles. The Morgan fingerprint density at radius 2 is 2.31 bits per heavy atom. The third-order valence-electron chi connectivity index (χ3n) is 1.88. The minimum Gasteiger partial charge on any atom is -0.390 e. The summed E-state index contributed by atoms with van der Waals surface area (Å²) in [6.45, 7) is 6.32. The van der Waals surface area contributed by atoms with Gasteiger partial charge in [-0.15, -0.1) is 0 Å². The highest BCUT2D eigenvalue weighted by Crippen LogP contribution is 2.11. The average Bonchev–Trinajstić information content (AvgIpc) is 2.34. The van der Waals surface area contributed by atoms with Gasteiger partial charge in [-0.2, -0.15) is 5.10 Å². The number of rotatable bonds is 4. The van der Waals surface area contributed by atoms with Gasteiger partial charge in [-0.3, -0.25) is 5.10 Å². The van der Waals surface area contributed by atoms with Crippen molar-refractivity contribution in [2.75, 3.05) is 11.9 Å². The van der Waals surface area contributed by atoms with Crippen molar-refractivity contribution in [1.29, 1.82) is 0 Å². The Morgan fingerprint density at radius 3 is 2.77 bits per heavy atom. The summed E-state index contributed by atoms with van der Waals surface area (Å²) in [5, 5.41) is 19.4. The van der Waals surface area contributed by atoms with Gasteiger partial charge in [-0.25, -0.2) is 0 Å². The molecule has 0 aliphatic carbocycles. The maximum atomic E-state index is 9.45. The summed E-state index contributed by atoms with van der Waals surface area (Å²) >= 11 is 0. The Morgan fingerprint density at radius 1 is 1.62 bits per heavy atom. The molecule has 0 aromatic carbocycles. The van der Waals surface area contributed by atoms with E-state index in [-0.39, 0.29) is 0 Å². The molecule has 0 unspecified atom stereocenters. The molecular formula is C9H17N3O. The Labute approximate surface area is 78.4 Å². The number of aryl methyl sites for hydroxylation is 1. The lowest BCUT2D eigenvalue weighted by molar-refractivity contribution is 0.0749. The summed E-state index contributed by atoms with van der Waals surface area (Å²) in [5.41, 5.74) is 1.42. The average molecular weight is 183 g/mol. The normalized spacial score (nSPS) is 11.7. The van der Waals surface area contributed by atoms with Crippen molar-refractivity contribution in [3.63, 3.8) is 0 Å². The van der Waals surface area contributed by atoms with Crippen molar-refractivity contribution in [1.82, 2.24) is 10.2 Å². The fourth-order valence-corrected chi connectivity index (χ4v) is 1.03. The zero-order valence-corrected chi connectivity index (χ0v) is 8.39. The minimum atomic E-state index is -0.607. The third kappa shape index (κ3) is 3.46. The number of nitrogens with one attached hydrogen (secondary N) is 2. The van der Waals surface area contributed by atoms with E-state index in [0.717, 1.165) is 24.3 Å². The molecule has 0 aliphatic heterocycles. The number of nitrogens with zero attached hydrogens (tertiary/aromatic N) is 1. The highest BCUT2D eigenvalue weighted by molar-refractivity contribution is 5.44. The van der Waals surface area contributed by atoms with Crippen molar-refractivity contribution in [2.45, 2.75) is 32.8 Å². The summed E-state index contributed by atoms with van der Waals surface area (Å²) in [7, 11) is 0. The fraction of sp³-hybridized carbons (Fsp3) is 0.667. The molecule has 4 heteroatoms. The van der Waals surface area contributed by atoms with Crippen LogP contribution in [0.25, 0.3) is 0 Å². The fourth-order valence-electron chi connectivity index (χ4n) is 1.03. The third-order valence-corrected chi connectivity index (χ3v) is 1.88. The predicted octanol–water partition coefficient (Wildman–Crippen LogP) is 1.29. The molecule has 0 aliphatic rings.